The number of nitrogens with one attached hydrogen (secondary N) is 1. The molecule has 0 aromatic heterocycles. The lowest BCUT2D eigenvalue weighted by Crippen LogP contribution is -2.44. The highest BCUT2D eigenvalue weighted by Gasteiger charge is 2.26. The number of nitrogens with zero attached hydrogens (tertiary/aromatic N) is 1. The van der Waals surface area contributed by atoms with Crippen LogP contribution in [0.1, 0.15) is 31.4 Å². The topological polar surface area (TPSA) is 15.3 Å². The van der Waals surface area contributed by atoms with Crippen LogP contribution in [0.15, 0.2) is 42.5 Å². The number of benzene rings is 2. The van der Waals surface area contributed by atoms with Crippen LogP contribution in [0.4, 0.5) is 15.8 Å². The Labute approximate surface area is 142 Å². The van der Waals surface area contributed by atoms with E-state index in [9.17, 15) is 4.39 Å². The molecule has 1 unspecified atom stereocenters. The van der Waals surface area contributed by atoms with Crippen LogP contribution in [0.5, 0.6) is 0 Å². The maximum atomic E-state index is 13.5. The van der Waals surface area contributed by atoms with Crippen molar-refractivity contribution < 1.29 is 4.39 Å². The first kappa shape index (κ1) is 15.9. The average molecular weight is 328 g/mol. The largest absolute Gasteiger partial charge is 0.332 e. The number of anilines is 2. The second kappa shape index (κ2) is 6.67. The molecule has 0 saturated heterocycles. The van der Waals surface area contributed by atoms with Gasteiger partial charge in [0.1, 0.15) is 5.82 Å². The van der Waals surface area contributed by atoms with E-state index in [2.05, 4.69) is 30.1 Å². The molecule has 0 fully saturated rings. The van der Waals surface area contributed by atoms with Crippen LogP contribution in [0, 0.1) is 5.82 Å². The number of rotatable bonds is 2. The van der Waals surface area contributed by atoms with Crippen LogP contribution in [-0.2, 0) is 12.8 Å². The summed E-state index contributed by atoms with van der Waals surface area (Å²) in [6.45, 7) is 4.29. The van der Waals surface area contributed by atoms with E-state index in [1.807, 2.05) is 24.3 Å². The van der Waals surface area contributed by atoms with Gasteiger partial charge in [-0.1, -0.05) is 25.1 Å². The number of thiocarbonyl (C=S) groups is 1. The first-order chi connectivity index (χ1) is 11.1. The lowest BCUT2D eigenvalue weighted by Gasteiger charge is -2.37. The molecule has 2 nitrogen and oxygen atoms in total. The minimum Gasteiger partial charge on any atom is -0.332 e. The third-order valence-corrected chi connectivity index (χ3v) is 4.73. The Balaban J connectivity index is 1.90. The van der Waals surface area contributed by atoms with E-state index in [-0.39, 0.29) is 5.82 Å². The lowest BCUT2D eigenvalue weighted by atomic mass is 9.97. The predicted molar refractivity (Wildman–Crippen MR) is 98.7 cm³/mol. The van der Waals surface area contributed by atoms with Gasteiger partial charge in [0.15, 0.2) is 5.11 Å². The summed E-state index contributed by atoms with van der Waals surface area (Å²) in [5.41, 5.74) is 4.31. The van der Waals surface area contributed by atoms with E-state index in [0.29, 0.717) is 11.2 Å². The van der Waals surface area contributed by atoms with E-state index in [1.165, 1.54) is 11.6 Å². The van der Waals surface area contributed by atoms with Crippen molar-refractivity contribution in [2.24, 2.45) is 0 Å². The van der Waals surface area contributed by atoms with Gasteiger partial charge in [0.05, 0.1) is 0 Å². The molecule has 0 saturated carbocycles. The van der Waals surface area contributed by atoms with Crippen molar-refractivity contribution in [3.8, 4) is 0 Å². The molecule has 0 bridgehead atoms. The van der Waals surface area contributed by atoms with Gasteiger partial charge in [0.25, 0.3) is 0 Å². The summed E-state index contributed by atoms with van der Waals surface area (Å²) in [6, 6.07) is 13.5. The minimum absolute atomic E-state index is 0.187. The Morgan fingerprint density at radius 1 is 1.30 bits per heavy atom. The molecular weight excluding hydrogens is 307 g/mol. The van der Waals surface area contributed by atoms with Crippen LogP contribution < -0.4 is 10.2 Å². The quantitative estimate of drug-likeness (QED) is 0.787. The SMILES string of the molecule is CCc1ccccc1NC(=S)N1c2ccc(F)cc2CCC1C. The van der Waals surface area contributed by atoms with Crippen LogP contribution in [0.2, 0.25) is 0 Å². The molecule has 2 aromatic rings. The molecule has 2 aromatic carbocycles. The maximum Gasteiger partial charge on any atom is 0.178 e. The zero-order valence-electron chi connectivity index (χ0n) is 13.5. The normalized spacial score (nSPS) is 16.8. The van der Waals surface area contributed by atoms with Crippen molar-refractivity contribution in [2.75, 3.05) is 10.2 Å². The molecule has 1 heterocycles. The van der Waals surface area contributed by atoms with Crippen molar-refractivity contribution in [1.29, 1.82) is 0 Å². The molecule has 1 N–H and O–H groups in total. The van der Waals surface area contributed by atoms with Crippen molar-refractivity contribution in [2.45, 2.75) is 39.2 Å². The molecule has 3 rings (SSSR count). The van der Waals surface area contributed by atoms with Crippen molar-refractivity contribution in [3.63, 3.8) is 0 Å². The van der Waals surface area contributed by atoms with Crippen molar-refractivity contribution in [3.05, 3.63) is 59.4 Å². The van der Waals surface area contributed by atoms with E-state index >= 15 is 0 Å². The van der Waals surface area contributed by atoms with E-state index in [0.717, 1.165) is 36.2 Å². The Kier molecular flexibility index (Phi) is 4.62. The number of halogens is 1. The summed E-state index contributed by atoms with van der Waals surface area (Å²) in [6.07, 6.45) is 2.80. The summed E-state index contributed by atoms with van der Waals surface area (Å²) < 4.78 is 13.5. The molecule has 0 radical (unpaired) electrons. The molecular formula is C19H21FN2S. The molecule has 120 valence electrons. The Morgan fingerprint density at radius 2 is 2.09 bits per heavy atom. The first-order valence-electron chi connectivity index (χ1n) is 8.06. The monoisotopic (exact) mass is 328 g/mol. The summed E-state index contributed by atoms with van der Waals surface area (Å²) in [4.78, 5) is 2.11. The summed E-state index contributed by atoms with van der Waals surface area (Å²) >= 11 is 5.67. The molecule has 1 aliphatic rings. The fourth-order valence-corrected chi connectivity index (χ4v) is 3.54. The second-order valence-corrected chi connectivity index (χ2v) is 6.36. The van der Waals surface area contributed by atoms with Gasteiger partial charge in [0, 0.05) is 17.4 Å². The molecule has 1 atom stereocenters. The highest BCUT2D eigenvalue weighted by Crippen LogP contribution is 2.32. The van der Waals surface area contributed by atoms with Gasteiger partial charge >= 0.3 is 0 Å². The zero-order valence-corrected chi connectivity index (χ0v) is 14.3. The fourth-order valence-electron chi connectivity index (χ4n) is 3.16. The molecule has 4 heteroatoms. The number of fused-ring (bicyclic) bond motifs is 1. The Hall–Kier alpha value is -1.94. The first-order valence-corrected chi connectivity index (χ1v) is 8.47. The van der Waals surface area contributed by atoms with Crippen LogP contribution in [0.3, 0.4) is 0 Å². The van der Waals surface area contributed by atoms with Crippen LogP contribution in [-0.4, -0.2) is 11.2 Å². The highest BCUT2D eigenvalue weighted by molar-refractivity contribution is 7.80. The van der Waals surface area contributed by atoms with Gasteiger partial charge in [-0.25, -0.2) is 4.39 Å². The maximum absolute atomic E-state index is 13.5. The molecule has 0 amide bonds. The summed E-state index contributed by atoms with van der Waals surface area (Å²) in [7, 11) is 0. The molecule has 23 heavy (non-hydrogen) atoms. The third kappa shape index (κ3) is 3.22. The van der Waals surface area contributed by atoms with Gasteiger partial charge in [-0.3, -0.25) is 0 Å². The van der Waals surface area contributed by atoms with Gasteiger partial charge < -0.3 is 10.2 Å². The van der Waals surface area contributed by atoms with Gasteiger partial charge in [-0.15, -0.1) is 0 Å². The number of hydrogen-bond donors (Lipinski definition) is 1. The van der Waals surface area contributed by atoms with Crippen molar-refractivity contribution >= 4 is 28.7 Å². The Morgan fingerprint density at radius 3 is 2.87 bits per heavy atom. The van der Waals surface area contributed by atoms with Gasteiger partial charge in [0.2, 0.25) is 0 Å². The van der Waals surface area contributed by atoms with Crippen molar-refractivity contribution in [1.82, 2.24) is 0 Å². The molecule has 0 aliphatic carbocycles. The van der Waals surface area contributed by atoms with Crippen LogP contribution in [0.25, 0.3) is 0 Å². The second-order valence-electron chi connectivity index (χ2n) is 5.97. The average Bonchev–Trinajstić information content (AvgIpc) is 2.55. The smallest absolute Gasteiger partial charge is 0.178 e. The van der Waals surface area contributed by atoms with Crippen LogP contribution >= 0.6 is 12.2 Å². The summed E-state index contributed by atoms with van der Waals surface area (Å²) in [5.74, 6) is -0.187. The summed E-state index contributed by atoms with van der Waals surface area (Å²) in [5, 5.41) is 4.05. The standard InChI is InChI=1S/C19H21FN2S/c1-3-14-6-4-5-7-17(14)21-19(23)22-13(2)8-9-15-12-16(20)10-11-18(15)22/h4-7,10-13H,3,8-9H2,1-2H3,(H,21,23). The lowest BCUT2D eigenvalue weighted by molar-refractivity contribution is 0.604. The number of aryl methyl sites for hydroxylation is 2. The molecule has 1 aliphatic heterocycles. The fraction of sp³-hybridized carbons (Fsp3) is 0.316. The van der Waals surface area contributed by atoms with E-state index in [1.54, 1.807) is 6.07 Å². The third-order valence-electron chi connectivity index (χ3n) is 4.43. The molecule has 0 spiro atoms. The zero-order chi connectivity index (χ0) is 16.4. The van der Waals surface area contributed by atoms with E-state index < -0.39 is 0 Å². The number of para-hydroxylation sites is 1. The highest BCUT2D eigenvalue weighted by atomic mass is 32.1. The van der Waals surface area contributed by atoms with Gasteiger partial charge in [-0.05, 0) is 73.8 Å². The predicted octanol–water partition coefficient (Wildman–Crippen LogP) is 4.93. The Bertz CT molecular complexity index is 729. The van der Waals surface area contributed by atoms with Gasteiger partial charge in [-0.2, -0.15) is 0 Å². The number of hydrogen-bond acceptors (Lipinski definition) is 1. The minimum atomic E-state index is -0.187. The van der Waals surface area contributed by atoms with E-state index in [4.69, 9.17) is 12.2 Å².